The van der Waals surface area contributed by atoms with Crippen LogP contribution in [0.25, 0.3) is 0 Å². The molecule has 1 aliphatic rings. The molecule has 0 aliphatic carbocycles. The molecule has 2 N–H and O–H groups in total. The van der Waals surface area contributed by atoms with Crippen LogP contribution < -0.4 is 5.32 Å². The predicted molar refractivity (Wildman–Crippen MR) is 85.0 cm³/mol. The van der Waals surface area contributed by atoms with Crippen LogP contribution in [0.5, 0.6) is 0 Å². The van der Waals surface area contributed by atoms with Crippen LogP contribution in [0.3, 0.4) is 0 Å². The fourth-order valence-electron chi connectivity index (χ4n) is 2.35. The summed E-state index contributed by atoms with van der Waals surface area (Å²) in [6.07, 6.45) is -0.190. The number of hydrogen-bond acceptors (Lipinski definition) is 5. The molecule has 0 bridgehead atoms. The van der Waals surface area contributed by atoms with Crippen molar-refractivity contribution in [1.82, 2.24) is 4.31 Å². The van der Waals surface area contributed by atoms with E-state index in [1.54, 1.807) is 0 Å². The molecule has 24 heavy (non-hydrogen) atoms. The molecule has 0 aromatic heterocycles. The molecule has 1 heterocycles. The van der Waals surface area contributed by atoms with Crippen molar-refractivity contribution >= 4 is 33.5 Å². The van der Waals surface area contributed by atoms with Crippen molar-refractivity contribution < 1.29 is 27.9 Å². The number of carboxylic acid groups (broad SMARTS) is 1. The first-order chi connectivity index (χ1) is 11.1. The summed E-state index contributed by atoms with van der Waals surface area (Å²) in [5.41, 5.74) is 0.248. The van der Waals surface area contributed by atoms with E-state index in [2.05, 4.69) is 5.32 Å². The van der Waals surface area contributed by atoms with Gasteiger partial charge in [-0.2, -0.15) is 0 Å². The molecule has 8 nitrogen and oxygen atoms in total. The first-order valence-electron chi connectivity index (χ1n) is 7.35. The summed E-state index contributed by atoms with van der Waals surface area (Å²) in [7, 11) is -4.10. The minimum Gasteiger partial charge on any atom is -0.481 e. The molecule has 2 rings (SSSR count). The van der Waals surface area contributed by atoms with Gasteiger partial charge in [-0.25, -0.2) is 12.7 Å². The second-order valence-corrected chi connectivity index (χ2v) is 7.71. The van der Waals surface area contributed by atoms with Gasteiger partial charge >= 0.3 is 5.97 Å². The van der Waals surface area contributed by atoms with Crippen molar-refractivity contribution in [3.8, 4) is 0 Å². The average molecular weight is 354 g/mol. The summed E-state index contributed by atoms with van der Waals surface area (Å²) in [6, 6.07) is 3.99. The molecular weight excluding hydrogens is 336 g/mol. The zero-order valence-electron chi connectivity index (χ0n) is 13.3. The van der Waals surface area contributed by atoms with E-state index in [1.165, 1.54) is 18.2 Å². The Morgan fingerprint density at radius 1 is 1.29 bits per heavy atom. The van der Waals surface area contributed by atoms with Crippen LogP contribution in [-0.4, -0.2) is 42.2 Å². The van der Waals surface area contributed by atoms with Gasteiger partial charge in [-0.15, -0.1) is 0 Å². The summed E-state index contributed by atoms with van der Waals surface area (Å²) in [4.78, 5) is 34.4. The molecule has 0 unspecified atom stereocenters. The van der Waals surface area contributed by atoms with Crippen molar-refractivity contribution in [2.45, 2.75) is 31.6 Å². The van der Waals surface area contributed by atoms with Crippen LogP contribution in [0.2, 0.25) is 0 Å². The molecule has 1 aromatic rings. The van der Waals surface area contributed by atoms with Crippen LogP contribution in [0.1, 0.15) is 37.0 Å². The molecular formula is C15H18N2O6S. The Bertz CT molecular complexity index is 800. The molecule has 1 aromatic carbocycles. The van der Waals surface area contributed by atoms with E-state index in [0.717, 1.165) is 0 Å². The summed E-state index contributed by atoms with van der Waals surface area (Å²) in [6.45, 7) is 3.33. The number of benzene rings is 1. The minimum absolute atomic E-state index is 0.0257. The maximum Gasteiger partial charge on any atom is 0.305 e. The van der Waals surface area contributed by atoms with Gasteiger partial charge in [-0.1, -0.05) is 13.8 Å². The highest BCUT2D eigenvalue weighted by atomic mass is 32.2. The largest absolute Gasteiger partial charge is 0.481 e. The van der Waals surface area contributed by atoms with E-state index in [9.17, 15) is 22.8 Å². The lowest BCUT2D eigenvalue weighted by Crippen LogP contribution is -2.32. The van der Waals surface area contributed by atoms with Crippen molar-refractivity contribution in [2.24, 2.45) is 5.92 Å². The Hall–Kier alpha value is -2.42. The molecule has 9 heteroatoms. The zero-order valence-corrected chi connectivity index (χ0v) is 14.1. The second kappa shape index (κ2) is 6.60. The summed E-state index contributed by atoms with van der Waals surface area (Å²) in [5.74, 6) is -2.06. The Balaban J connectivity index is 2.28. The first kappa shape index (κ1) is 17.9. The topological polar surface area (TPSA) is 121 Å². The zero-order chi connectivity index (χ0) is 18.1. The van der Waals surface area contributed by atoms with Crippen LogP contribution in [-0.2, 0) is 19.6 Å². The van der Waals surface area contributed by atoms with E-state index < -0.39 is 34.9 Å². The molecule has 0 saturated heterocycles. The quantitative estimate of drug-likeness (QED) is 0.794. The maximum atomic E-state index is 12.4. The van der Waals surface area contributed by atoms with E-state index in [0.29, 0.717) is 4.31 Å². The standard InChI is InChI=1S/C15H18N2O6S/c1-9(2)7-13(18)16-10-3-4-11-12(8-10)24(22,23)17(15(11)21)6-5-14(19)20/h3-4,8-9H,5-7H2,1-2H3,(H,16,18)(H,19,20). The van der Waals surface area contributed by atoms with Gasteiger partial charge in [0.15, 0.2) is 0 Å². The van der Waals surface area contributed by atoms with Gasteiger partial charge in [-0.3, -0.25) is 14.4 Å². The van der Waals surface area contributed by atoms with Crippen LogP contribution in [0, 0.1) is 5.92 Å². The highest BCUT2D eigenvalue weighted by Gasteiger charge is 2.41. The van der Waals surface area contributed by atoms with Crippen molar-refractivity contribution in [2.75, 3.05) is 11.9 Å². The molecule has 0 radical (unpaired) electrons. The summed E-state index contributed by atoms with van der Waals surface area (Å²) < 4.78 is 25.4. The number of carbonyl (C=O) groups excluding carboxylic acids is 2. The highest BCUT2D eigenvalue weighted by molar-refractivity contribution is 7.90. The van der Waals surface area contributed by atoms with E-state index >= 15 is 0 Å². The fraction of sp³-hybridized carbons (Fsp3) is 0.400. The lowest BCUT2D eigenvalue weighted by Gasteiger charge is -2.13. The highest BCUT2D eigenvalue weighted by Crippen LogP contribution is 2.32. The van der Waals surface area contributed by atoms with Crippen molar-refractivity contribution in [3.63, 3.8) is 0 Å². The van der Waals surface area contributed by atoms with Gasteiger partial charge < -0.3 is 10.4 Å². The van der Waals surface area contributed by atoms with E-state index in [1.807, 2.05) is 13.8 Å². The van der Waals surface area contributed by atoms with Crippen LogP contribution >= 0.6 is 0 Å². The average Bonchev–Trinajstić information content (AvgIpc) is 2.63. The third kappa shape index (κ3) is 3.56. The minimum atomic E-state index is -4.10. The number of carbonyl (C=O) groups is 3. The number of sulfonamides is 1. The smallest absolute Gasteiger partial charge is 0.305 e. The van der Waals surface area contributed by atoms with Crippen LogP contribution in [0.4, 0.5) is 5.69 Å². The third-order valence-corrected chi connectivity index (χ3v) is 5.23. The number of aliphatic carboxylic acids is 1. The normalized spacial score (nSPS) is 15.5. The van der Waals surface area contributed by atoms with Gasteiger partial charge in [0, 0.05) is 18.7 Å². The monoisotopic (exact) mass is 354 g/mol. The number of anilines is 1. The number of rotatable bonds is 6. The van der Waals surface area contributed by atoms with E-state index in [4.69, 9.17) is 5.11 Å². The number of carboxylic acids is 1. The van der Waals surface area contributed by atoms with Gasteiger partial charge in [-0.05, 0) is 24.1 Å². The first-order valence-corrected chi connectivity index (χ1v) is 8.79. The number of fused-ring (bicyclic) bond motifs is 1. The Morgan fingerprint density at radius 3 is 2.54 bits per heavy atom. The lowest BCUT2D eigenvalue weighted by molar-refractivity contribution is -0.137. The molecule has 0 saturated carbocycles. The molecule has 0 fully saturated rings. The van der Waals surface area contributed by atoms with Crippen LogP contribution in [0.15, 0.2) is 23.1 Å². The van der Waals surface area contributed by atoms with Crippen molar-refractivity contribution in [1.29, 1.82) is 0 Å². The molecule has 1 aliphatic heterocycles. The molecule has 0 spiro atoms. The Kier molecular flexibility index (Phi) is 4.93. The molecule has 130 valence electrons. The lowest BCUT2D eigenvalue weighted by atomic mass is 10.1. The Labute approximate surface area is 139 Å². The number of nitrogens with zero attached hydrogens (tertiary/aromatic N) is 1. The SMILES string of the molecule is CC(C)CC(=O)Nc1ccc2c(c1)S(=O)(=O)N(CCC(=O)O)C2=O. The molecule has 0 atom stereocenters. The third-order valence-electron chi connectivity index (χ3n) is 3.41. The summed E-state index contributed by atoms with van der Waals surface area (Å²) >= 11 is 0. The Morgan fingerprint density at radius 2 is 1.96 bits per heavy atom. The van der Waals surface area contributed by atoms with Gasteiger partial charge in [0.2, 0.25) is 5.91 Å². The predicted octanol–water partition coefficient (Wildman–Crippen LogP) is 1.29. The van der Waals surface area contributed by atoms with Gasteiger partial charge in [0.25, 0.3) is 15.9 Å². The van der Waals surface area contributed by atoms with Crippen molar-refractivity contribution in [3.05, 3.63) is 23.8 Å². The summed E-state index contributed by atoms with van der Waals surface area (Å²) in [5, 5.41) is 11.3. The maximum absolute atomic E-state index is 12.4. The second-order valence-electron chi connectivity index (χ2n) is 5.88. The fourth-order valence-corrected chi connectivity index (χ4v) is 3.95. The molecule has 2 amide bonds. The number of hydrogen-bond donors (Lipinski definition) is 2. The number of amides is 2. The number of nitrogens with one attached hydrogen (secondary N) is 1. The van der Waals surface area contributed by atoms with Gasteiger partial charge in [0.1, 0.15) is 4.90 Å². The van der Waals surface area contributed by atoms with Gasteiger partial charge in [0.05, 0.1) is 12.0 Å². The van der Waals surface area contributed by atoms with E-state index in [-0.39, 0.29) is 34.4 Å².